The zero-order valence-corrected chi connectivity index (χ0v) is 17.7. The van der Waals surface area contributed by atoms with Crippen LogP contribution in [0.25, 0.3) is 0 Å². The first kappa shape index (κ1) is 21.5. The fourth-order valence-electron chi connectivity index (χ4n) is 2.39. The smallest absolute Gasteiger partial charge is 0.340 e. The van der Waals surface area contributed by atoms with Gasteiger partial charge in [-0.3, -0.25) is 9.59 Å². The Bertz CT molecular complexity index is 1080. The molecule has 2 amide bonds. The Morgan fingerprint density at radius 3 is 2.73 bits per heavy atom. The number of aromatic nitrogens is 2. The SMILES string of the molecule is Cc1noc(CSc2ccccc2C(=O)OC(C)C(=O)Nc2sccc2C(N)=O)n1. The third kappa shape index (κ3) is 5.24. The van der Waals surface area contributed by atoms with E-state index in [0.717, 1.165) is 11.3 Å². The lowest BCUT2D eigenvalue weighted by molar-refractivity contribution is -0.123. The average molecular weight is 447 g/mol. The molecule has 0 bridgehead atoms. The fourth-order valence-corrected chi connectivity index (χ4v) is 4.06. The van der Waals surface area contributed by atoms with Crippen LogP contribution in [-0.4, -0.2) is 34.0 Å². The first-order chi connectivity index (χ1) is 14.3. The molecule has 2 aromatic heterocycles. The number of thioether (sulfide) groups is 1. The van der Waals surface area contributed by atoms with Crippen molar-refractivity contribution < 1.29 is 23.6 Å². The summed E-state index contributed by atoms with van der Waals surface area (Å²) in [6.07, 6.45) is -1.09. The second kappa shape index (κ2) is 9.55. The van der Waals surface area contributed by atoms with Gasteiger partial charge in [0.05, 0.1) is 16.9 Å². The summed E-state index contributed by atoms with van der Waals surface area (Å²) >= 11 is 2.49. The molecule has 0 radical (unpaired) electrons. The van der Waals surface area contributed by atoms with E-state index >= 15 is 0 Å². The monoisotopic (exact) mass is 446 g/mol. The standard InChI is InChI=1S/C19H18N4O5S2/c1-10(17(25)22-18-13(16(20)24)7-8-29-18)27-19(26)12-5-3-4-6-14(12)30-9-15-21-11(2)23-28-15/h3-8,10H,9H2,1-2H3,(H2,20,24)(H,22,25). The van der Waals surface area contributed by atoms with E-state index in [1.165, 1.54) is 24.8 Å². The van der Waals surface area contributed by atoms with Crippen molar-refractivity contribution in [2.75, 3.05) is 5.32 Å². The van der Waals surface area contributed by atoms with Gasteiger partial charge in [-0.1, -0.05) is 17.3 Å². The minimum Gasteiger partial charge on any atom is -0.449 e. The minimum absolute atomic E-state index is 0.199. The van der Waals surface area contributed by atoms with Gasteiger partial charge in [0.15, 0.2) is 11.9 Å². The van der Waals surface area contributed by atoms with Gasteiger partial charge in [0, 0.05) is 4.90 Å². The number of hydrogen-bond acceptors (Lipinski definition) is 9. The number of nitrogens with one attached hydrogen (secondary N) is 1. The molecule has 3 aromatic rings. The maximum absolute atomic E-state index is 12.6. The highest BCUT2D eigenvalue weighted by Crippen LogP contribution is 2.27. The molecule has 1 unspecified atom stereocenters. The highest BCUT2D eigenvalue weighted by molar-refractivity contribution is 7.98. The zero-order chi connectivity index (χ0) is 21.7. The summed E-state index contributed by atoms with van der Waals surface area (Å²) < 4.78 is 10.4. The predicted molar refractivity (Wildman–Crippen MR) is 111 cm³/mol. The number of carbonyl (C=O) groups is 3. The Hall–Kier alpha value is -3.18. The molecule has 1 atom stereocenters. The van der Waals surface area contributed by atoms with Crippen molar-refractivity contribution in [3.8, 4) is 0 Å². The molecule has 0 aliphatic rings. The first-order valence-electron chi connectivity index (χ1n) is 8.75. The summed E-state index contributed by atoms with van der Waals surface area (Å²) in [7, 11) is 0. The summed E-state index contributed by atoms with van der Waals surface area (Å²) in [5, 5.41) is 8.23. The van der Waals surface area contributed by atoms with Crippen molar-refractivity contribution in [3.63, 3.8) is 0 Å². The van der Waals surface area contributed by atoms with Crippen LogP contribution in [0.4, 0.5) is 5.00 Å². The second-order valence-corrected chi connectivity index (χ2v) is 8.02. The van der Waals surface area contributed by atoms with Crippen LogP contribution in [-0.2, 0) is 15.3 Å². The average Bonchev–Trinajstić information content (AvgIpc) is 3.35. The Balaban J connectivity index is 1.64. The molecule has 156 valence electrons. The van der Waals surface area contributed by atoms with E-state index in [0.29, 0.717) is 32.9 Å². The molecule has 0 aliphatic carbocycles. The van der Waals surface area contributed by atoms with Gasteiger partial charge in [0.25, 0.3) is 11.8 Å². The fraction of sp³-hybridized carbons (Fsp3) is 0.211. The largest absolute Gasteiger partial charge is 0.449 e. The lowest BCUT2D eigenvalue weighted by Gasteiger charge is -2.14. The van der Waals surface area contributed by atoms with E-state index in [2.05, 4.69) is 15.5 Å². The maximum Gasteiger partial charge on any atom is 0.340 e. The van der Waals surface area contributed by atoms with Crippen molar-refractivity contribution in [3.05, 3.63) is 58.6 Å². The Morgan fingerprint density at radius 1 is 1.27 bits per heavy atom. The van der Waals surface area contributed by atoms with Gasteiger partial charge in [0.1, 0.15) is 5.00 Å². The number of hydrogen-bond donors (Lipinski definition) is 2. The molecule has 2 heterocycles. The number of esters is 1. The van der Waals surface area contributed by atoms with E-state index in [1.807, 2.05) is 0 Å². The number of aryl methyl sites for hydroxylation is 1. The van der Waals surface area contributed by atoms with Gasteiger partial charge in [-0.15, -0.1) is 23.1 Å². The molecule has 9 nitrogen and oxygen atoms in total. The topological polar surface area (TPSA) is 137 Å². The molecule has 3 N–H and O–H groups in total. The summed E-state index contributed by atoms with van der Waals surface area (Å²) in [5.74, 6) is -0.518. The van der Waals surface area contributed by atoms with Crippen LogP contribution >= 0.6 is 23.1 Å². The van der Waals surface area contributed by atoms with E-state index in [4.69, 9.17) is 15.0 Å². The summed E-state index contributed by atoms with van der Waals surface area (Å²) in [6.45, 7) is 3.17. The molecular weight excluding hydrogens is 428 g/mol. The third-order valence-corrected chi connectivity index (χ3v) is 5.74. The van der Waals surface area contributed by atoms with Crippen molar-refractivity contribution in [1.82, 2.24) is 10.1 Å². The number of amides is 2. The summed E-state index contributed by atoms with van der Waals surface area (Å²) in [4.78, 5) is 41.2. The first-order valence-corrected chi connectivity index (χ1v) is 10.6. The number of thiophene rings is 1. The van der Waals surface area contributed by atoms with Gasteiger partial charge in [0.2, 0.25) is 5.89 Å². The summed E-state index contributed by atoms with van der Waals surface area (Å²) in [5.41, 5.74) is 5.78. The van der Waals surface area contributed by atoms with Gasteiger partial charge in [-0.2, -0.15) is 4.98 Å². The lowest BCUT2D eigenvalue weighted by atomic mass is 10.2. The highest BCUT2D eigenvalue weighted by Gasteiger charge is 2.23. The van der Waals surface area contributed by atoms with Crippen LogP contribution in [0, 0.1) is 6.92 Å². The molecule has 11 heteroatoms. The number of primary amides is 1. The van der Waals surface area contributed by atoms with Crippen LogP contribution in [0.5, 0.6) is 0 Å². The normalized spacial score (nSPS) is 11.7. The molecule has 0 fully saturated rings. The molecule has 0 saturated carbocycles. The quantitative estimate of drug-likeness (QED) is 0.398. The number of benzene rings is 1. The van der Waals surface area contributed by atoms with E-state index in [1.54, 1.807) is 36.6 Å². The molecule has 1 aromatic carbocycles. The molecule has 0 aliphatic heterocycles. The van der Waals surface area contributed by atoms with E-state index in [9.17, 15) is 14.4 Å². The maximum atomic E-state index is 12.6. The third-order valence-electron chi connectivity index (χ3n) is 3.85. The van der Waals surface area contributed by atoms with Crippen molar-refractivity contribution in [1.29, 1.82) is 0 Å². The highest BCUT2D eigenvalue weighted by atomic mass is 32.2. The number of carbonyl (C=O) groups excluding carboxylic acids is 3. The number of ether oxygens (including phenoxy) is 1. The van der Waals surface area contributed by atoms with Gasteiger partial charge in [-0.05, 0) is 37.4 Å². The van der Waals surface area contributed by atoms with Crippen LogP contribution in [0.3, 0.4) is 0 Å². The number of rotatable bonds is 8. The Labute approximate surface area is 180 Å². The van der Waals surface area contributed by atoms with Crippen molar-refractivity contribution in [2.24, 2.45) is 5.73 Å². The summed E-state index contributed by atoms with van der Waals surface area (Å²) in [6, 6.07) is 8.37. The molecular formula is C19H18N4O5S2. The van der Waals surface area contributed by atoms with Crippen LogP contribution in [0.1, 0.15) is 39.4 Å². The van der Waals surface area contributed by atoms with E-state index in [-0.39, 0.29) is 5.56 Å². The Kier molecular flexibility index (Phi) is 6.85. The van der Waals surface area contributed by atoms with Crippen LogP contribution in [0.15, 0.2) is 45.1 Å². The van der Waals surface area contributed by atoms with Crippen molar-refractivity contribution in [2.45, 2.75) is 30.6 Å². The Morgan fingerprint density at radius 2 is 2.03 bits per heavy atom. The molecule has 30 heavy (non-hydrogen) atoms. The van der Waals surface area contributed by atoms with Gasteiger partial charge >= 0.3 is 5.97 Å². The number of nitrogens with zero attached hydrogens (tertiary/aromatic N) is 2. The molecule has 3 rings (SSSR count). The number of nitrogens with two attached hydrogens (primary N) is 1. The van der Waals surface area contributed by atoms with Crippen molar-refractivity contribution >= 4 is 45.9 Å². The van der Waals surface area contributed by atoms with Gasteiger partial charge < -0.3 is 20.3 Å². The number of anilines is 1. The zero-order valence-electron chi connectivity index (χ0n) is 16.1. The van der Waals surface area contributed by atoms with Crippen LogP contribution in [0.2, 0.25) is 0 Å². The second-order valence-electron chi connectivity index (χ2n) is 6.08. The molecule has 0 spiro atoms. The van der Waals surface area contributed by atoms with Crippen LogP contribution < -0.4 is 11.1 Å². The molecule has 0 saturated heterocycles. The lowest BCUT2D eigenvalue weighted by Crippen LogP contribution is -2.30. The van der Waals surface area contributed by atoms with E-state index < -0.39 is 23.9 Å². The minimum atomic E-state index is -1.09. The predicted octanol–water partition coefficient (Wildman–Crippen LogP) is 3.01. The van der Waals surface area contributed by atoms with Gasteiger partial charge in [-0.25, -0.2) is 4.79 Å².